The second kappa shape index (κ2) is 9.10. The summed E-state index contributed by atoms with van der Waals surface area (Å²) in [5.74, 6) is 0.902. The average molecular weight is 470 g/mol. The fourth-order valence-electron chi connectivity index (χ4n) is 4.44. The van der Waals surface area contributed by atoms with Crippen LogP contribution in [0.2, 0.25) is 0 Å². The first-order chi connectivity index (χ1) is 16.9. The Hall–Kier alpha value is -4.39. The number of fused-ring (bicyclic) bond motifs is 1. The van der Waals surface area contributed by atoms with E-state index < -0.39 is 0 Å². The molecular weight excluding hydrogens is 442 g/mol. The first-order valence-corrected chi connectivity index (χ1v) is 11.5. The Morgan fingerprint density at radius 2 is 1.89 bits per heavy atom. The molecule has 0 atom stereocenters. The zero-order chi connectivity index (χ0) is 24.5. The number of rotatable bonds is 4. The molecule has 178 valence electrons. The third-order valence-electron chi connectivity index (χ3n) is 6.38. The molecule has 0 spiro atoms. The van der Waals surface area contributed by atoms with Crippen LogP contribution in [0.3, 0.4) is 0 Å². The largest absolute Gasteiger partial charge is 0.356 e. The maximum absolute atomic E-state index is 11.9. The number of anilines is 1. The summed E-state index contributed by atoms with van der Waals surface area (Å²) in [6.45, 7) is 1.65. The zero-order valence-corrected chi connectivity index (χ0v) is 20.0. The molecular formula is C25H27N9O. The highest BCUT2D eigenvalue weighted by atomic mass is 16.2. The molecule has 1 aliphatic heterocycles. The Morgan fingerprint density at radius 3 is 2.51 bits per heavy atom. The zero-order valence-electron chi connectivity index (χ0n) is 20.0. The number of nitriles is 1. The number of carbonyl (C=O) groups excluding carboxylic acids is 1. The Bertz CT molecular complexity index is 1400. The molecule has 4 aromatic heterocycles. The van der Waals surface area contributed by atoms with Gasteiger partial charge in [-0.15, -0.1) is 0 Å². The highest BCUT2D eigenvalue weighted by Gasteiger charge is 2.22. The summed E-state index contributed by atoms with van der Waals surface area (Å²) >= 11 is 0. The molecule has 1 saturated heterocycles. The van der Waals surface area contributed by atoms with Crippen molar-refractivity contribution in [3.05, 3.63) is 54.7 Å². The van der Waals surface area contributed by atoms with Crippen LogP contribution in [-0.4, -0.2) is 68.5 Å². The standard InChI is InChI=1S/C25H27N9O/c1-31(2)25(35)30-21-6-8-33(9-7-21)23-5-4-17(12-27-23)22-10-18(20-14-28-32(3)15-20)16-34-24(22)19(11-26)13-29-34/h4-5,10,12-16,21H,6-9H2,1-3H3,(H,30,35). The van der Waals surface area contributed by atoms with E-state index in [1.165, 1.54) is 0 Å². The molecule has 5 rings (SSSR count). The maximum atomic E-state index is 11.9. The molecule has 35 heavy (non-hydrogen) atoms. The molecule has 2 amide bonds. The lowest BCUT2D eigenvalue weighted by Gasteiger charge is -2.33. The predicted molar refractivity (Wildman–Crippen MR) is 133 cm³/mol. The second-order valence-electron chi connectivity index (χ2n) is 9.02. The van der Waals surface area contributed by atoms with Crippen molar-refractivity contribution in [2.75, 3.05) is 32.1 Å². The molecule has 1 fully saturated rings. The topological polar surface area (TPSA) is 107 Å². The number of pyridine rings is 2. The van der Waals surface area contributed by atoms with Crippen molar-refractivity contribution in [3.8, 4) is 28.3 Å². The Morgan fingerprint density at radius 1 is 1.09 bits per heavy atom. The average Bonchev–Trinajstić information content (AvgIpc) is 3.50. The summed E-state index contributed by atoms with van der Waals surface area (Å²) in [5, 5.41) is 21.4. The third-order valence-corrected chi connectivity index (χ3v) is 6.38. The number of nitrogens with one attached hydrogen (secondary N) is 1. The lowest BCUT2D eigenvalue weighted by Crippen LogP contribution is -2.47. The van der Waals surface area contributed by atoms with Crippen molar-refractivity contribution in [2.24, 2.45) is 7.05 Å². The normalized spacial score (nSPS) is 14.2. The lowest BCUT2D eigenvalue weighted by atomic mass is 10.0. The molecule has 1 aliphatic rings. The van der Waals surface area contributed by atoms with Gasteiger partial charge >= 0.3 is 6.03 Å². The van der Waals surface area contributed by atoms with E-state index in [0.717, 1.165) is 59.5 Å². The van der Waals surface area contributed by atoms with Crippen molar-refractivity contribution in [1.82, 2.24) is 34.6 Å². The molecule has 10 nitrogen and oxygen atoms in total. The van der Waals surface area contributed by atoms with E-state index in [2.05, 4.69) is 32.5 Å². The SMILES string of the molecule is CN(C)C(=O)NC1CCN(c2ccc(-c3cc(-c4cnn(C)c4)cn4ncc(C#N)c34)cn2)CC1. The summed E-state index contributed by atoms with van der Waals surface area (Å²) < 4.78 is 3.51. The van der Waals surface area contributed by atoms with Gasteiger partial charge in [0.1, 0.15) is 11.9 Å². The number of nitrogens with zero attached hydrogens (tertiary/aromatic N) is 8. The molecule has 4 aromatic rings. The minimum absolute atomic E-state index is 0.0534. The maximum Gasteiger partial charge on any atom is 0.317 e. The summed E-state index contributed by atoms with van der Waals surface area (Å²) in [7, 11) is 5.38. The van der Waals surface area contributed by atoms with E-state index in [0.29, 0.717) is 5.56 Å². The van der Waals surface area contributed by atoms with Crippen molar-refractivity contribution in [1.29, 1.82) is 5.26 Å². The van der Waals surface area contributed by atoms with Crippen molar-refractivity contribution >= 4 is 17.4 Å². The smallest absolute Gasteiger partial charge is 0.317 e. The summed E-state index contributed by atoms with van der Waals surface area (Å²) in [5.41, 5.74) is 5.01. The number of aromatic nitrogens is 5. The van der Waals surface area contributed by atoms with Crippen LogP contribution in [0.25, 0.3) is 27.8 Å². The molecule has 0 saturated carbocycles. The number of urea groups is 1. The Balaban J connectivity index is 1.41. The van der Waals surface area contributed by atoms with Gasteiger partial charge in [0.2, 0.25) is 0 Å². The number of hydrogen-bond acceptors (Lipinski definition) is 6. The fourth-order valence-corrected chi connectivity index (χ4v) is 4.44. The highest BCUT2D eigenvalue weighted by Crippen LogP contribution is 2.32. The van der Waals surface area contributed by atoms with Gasteiger partial charge in [-0.25, -0.2) is 14.3 Å². The number of amides is 2. The van der Waals surface area contributed by atoms with Crippen LogP contribution >= 0.6 is 0 Å². The van der Waals surface area contributed by atoms with Gasteiger partial charge in [-0.3, -0.25) is 4.68 Å². The van der Waals surface area contributed by atoms with E-state index in [4.69, 9.17) is 4.98 Å². The van der Waals surface area contributed by atoms with Crippen LogP contribution < -0.4 is 10.2 Å². The van der Waals surface area contributed by atoms with Gasteiger partial charge < -0.3 is 15.1 Å². The van der Waals surface area contributed by atoms with Crippen LogP contribution in [0.1, 0.15) is 18.4 Å². The molecule has 0 aromatic carbocycles. The summed E-state index contributed by atoms with van der Waals surface area (Å²) in [4.78, 5) is 20.5. The van der Waals surface area contributed by atoms with Crippen LogP contribution in [0.4, 0.5) is 10.6 Å². The third kappa shape index (κ3) is 4.40. The van der Waals surface area contributed by atoms with Gasteiger partial charge in [0, 0.05) is 81.1 Å². The fraction of sp³-hybridized carbons (Fsp3) is 0.320. The Kier molecular flexibility index (Phi) is 5.82. The van der Waals surface area contributed by atoms with Crippen molar-refractivity contribution < 1.29 is 4.79 Å². The predicted octanol–water partition coefficient (Wildman–Crippen LogP) is 2.91. The first kappa shape index (κ1) is 22.4. The second-order valence-corrected chi connectivity index (χ2v) is 9.02. The lowest BCUT2D eigenvalue weighted by molar-refractivity contribution is 0.210. The van der Waals surface area contributed by atoms with Gasteiger partial charge in [-0.1, -0.05) is 0 Å². The van der Waals surface area contributed by atoms with Gasteiger partial charge in [0.15, 0.2) is 0 Å². The quantitative estimate of drug-likeness (QED) is 0.492. The van der Waals surface area contributed by atoms with Crippen LogP contribution in [-0.2, 0) is 7.05 Å². The van der Waals surface area contributed by atoms with Gasteiger partial charge in [0.25, 0.3) is 0 Å². The van der Waals surface area contributed by atoms with Gasteiger partial charge in [-0.2, -0.15) is 15.5 Å². The van der Waals surface area contributed by atoms with E-state index in [1.54, 1.807) is 34.4 Å². The first-order valence-electron chi connectivity index (χ1n) is 11.5. The molecule has 1 N–H and O–H groups in total. The molecule has 0 aliphatic carbocycles. The van der Waals surface area contributed by atoms with E-state index in [9.17, 15) is 10.1 Å². The van der Waals surface area contributed by atoms with E-state index >= 15 is 0 Å². The number of aryl methyl sites for hydroxylation is 1. The molecule has 5 heterocycles. The monoisotopic (exact) mass is 469 g/mol. The molecule has 0 unspecified atom stereocenters. The van der Waals surface area contributed by atoms with E-state index in [-0.39, 0.29) is 12.1 Å². The number of piperidine rings is 1. The van der Waals surface area contributed by atoms with E-state index in [1.807, 2.05) is 44.0 Å². The van der Waals surface area contributed by atoms with Gasteiger partial charge in [0.05, 0.1) is 23.5 Å². The van der Waals surface area contributed by atoms with Crippen LogP contribution in [0, 0.1) is 11.3 Å². The summed E-state index contributed by atoms with van der Waals surface area (Å²) in [6, 6.07) is 8.49. The van der Waals surface area contributed by atoms with Crippen molar-refractivity contribution in [3.63, 3.8) is 0 Å². The summed E-state index contributed by atoms with van der Waals surface area (Å²) in [6.07, 6.45) is 10.9. The minimum Gasteiger partial charge on any atom is -0.356 e. The van der Waals surface area contributed by atoms with Crippen LogP contribution in [0.5, 0.6) is 0 Å². The number of hydrogen-bond donors (Lipinski definition) is 1. The molecule has 0 radical (unpaired) electrons. The Labute approximate surface area is 203 Å². The highest BCUT2D eigenvalue weighted by molar-refractivity contribution is 5.87. The number of carbonyl (C=O) groups is 1. The van der Waals surface area contributed by atoms with Crippen molar-refractivity contribution in [2.45, 2.75) is 18.9 Å². The van der Waals surface area contributed by atoms with Crippen LogP contribution in [0.15, 0.2) is 49.2 Å². The molecule has 10 heteroatoms. The van der Waals surface area contributed by atoms with Gasteiger partial charge in [-0.05, 0) is 31.0 Å². The minimum atomic E-state index is -0.0534. The molecule has 0 bridgehead atoms.